The van der Waals surface area contributed by atoms with Crippen molar-refractivity contribution in [1.29, 1.82) is 0 Å². The lowest BCUT2D eigenvalue weighted by Gasteiger charge is -2.12. The van der Waals surface area contributed by atoms with Gasteiger partial charge in [0.15, 0.2) is 5.11 Å². The first-order chi connectivity index (χ1) is 11.7. The second kappa shape index (κ2) is 7.62. The van der Waals surface area contributed by atoms with Crippen molar-refractivity contribution in [2.24, 2.45) is 0 Å². The standard InChI is InChI=1S/C17H19N3O3S2/c1-11-8-12(2)10-15(9-11)19-17(24)18-14-4-6-16(7-5-14)25(22,23)20-13(3)21/h4-10H,1-3H3,(H,20,21)(H2,18,19,24). The normalized spacial score (nSPS) is 10.8. The van der Waals surface area contributed by atoms with E-state index in [1.165, 1.54) is 12.1 Å². The summed E-state index contributed by atoms with van der Waals surface area (Å²) in [4.78, 5) is 10.9. The number of anilines is 2. The molecule has 0 spiro atoms. The first-order valence-electron chi connectivity index (χ1n) is 7.45. The molecule has 0 atom stereocenters. The summed E-state index contributed by atoms with van der Waals surface area (Å²) >= 11 is 5.27. The molecule has 8 heteroatoms. The summed E-state index contributed by atoms with van der Waals surface area (Å²) in [6.07, 6.45) is 0. The van der Waals surface area contributed by atoms with Gasteiger partial charge in [-0.05, 0) is 73.6 Å². The van der Waals surface area contributed by atoms with Crippen LogP contribution in [0.3, 0.4) is 0 Å². The highest BCUT2D eigenvalue weighted by Crippen LogP contribution is 2.16. The Labute approximate surface area is 152 Å². The van der Waals surface area contributed by atoms with E-state index in [1.54, 1.807) is 12.1 Å². The summed E-state index contributed by atoms with van der Waals surface area (Å²) in [7, 11) is -3.84. The molecule has 0 bridgehead atoms. The number of amides is 1. The van der Waals surface area contributed by atoms with E-state index < -0.39 is 15.9 Å². The van der Waals surface area contributed by atoms with Crippen LogP contribution in [0, 0.1) is 13.8 Å². The zero-order valence-corrected chi connectivity index (χ0v) is 15.7. The number of benzene rings is 2. The Morgan fingerprint density at radius 3 is 1.96 bits per heavy atom. The maximum atomic E-state index is 11.9. The van der Waals surface area contributed by atoms with Crippen LogP contribution in [0.2, 0.25) is 0 Å². The topological polar surface area (TPSA) is 87.3 Å². The van der Waals surface area contributed by atoms with Gasteiger partial charge < -0.3 is 10.6 Å². The van der Waals surface area contributed by atoms with Crippen molar-refractivity contribution in [2.75, 3.05) is 10.6 Å². The molecule has 0 aromatic heterocycles. The molecule has 25 heavy (non-hydrogen) atoms. The van der Waals surface area contributed by atoms with E-state index in [4.69, 9.17) is 12.2 Å². The fourth-order valence-corrected chi connectivity index (χ4v) is 3.53. The van der Waals surface area contributed by atoms with Gasteiger partial charge in [0.2, 0.25) is 5.91 Å². The first kappa shape index (κ1) is 18.9. The van der Waals surface area contributed by atoms with Gasteiger partial charge in [0.1, 0.15) is 0 Å². The maximum absolute atomic E-state index is 11.9. The van der Waals surface area contributed by atoms with Crippen LogP contribution in [0.15, 0.2) is 47.4 Å². The molecule has 0 radical (unpaired) electrons. The molecule has 2 aromatic carbocycles. The fourth-order valence-electron chi connectivity index (χ4n) is 2.31. The third-order valence-electron chi connectivity index (χ3n) is 3.18. The highest BCUT2D eigenvalue weighted by atomic mass is 32.2. The lowest BCUT2D eigenvalue weighted by molar-refractivity contribution is -0.117. The predicted molar refractivity (Wildman–Crippen MR) is 103 cm³/mol. The van der Waals surface area contributed by atoms with E-state index in [0.29, 0.717) is 10.8 Å². The van der Waals surface area contributed by atoms with Crippen molar-refractivity contribution in [1.82, 2.24) is 4.72 Å². The molecular formula is C17H19N3O3S2. The third-order valence-corrected chi connectivity index (χ3v) is 4.83. The molecule has 0 heterocycles. The van der Waals surface area contributed by atoms with Crippen LogP contribution < -0.4 is 15.4 Å². The van der Waals surface area contributed by atoms with E-state index in [0.717, 1.165) is 23.7 Å². The number of carbonyl (C=O) groups is 1. The van der Waals surface area contributed by atoms with Crippen LogP contribution in [-0.2, 0) is 14.8 Å². The number of thiocarbonyl (C=S) groups is 1. The van der Waals surface area contributed by atoms with Crippen molar-refractivity contribution >= 4 is 44.6 Å². The van der Waals surface area contributed by atoms with Crippen molar-refractivity contribution < 1.29 is 13.2 Å². The van der Waals surface area contributed by atoms with Crippen molar-refractivity contribution in [2.45, 2.75) is 25.7 Å². The van der Waals surface area contributed by atoms with Crippen molar-refractivity contribution in [3.05, 3.63) is 53.6 Å². The summed E-state index contributed by atoms with van der Waals surface area (Å²) < 4.78 is 25.7. The number of sulfonamides is 1. The zero-order chi connectivity index (χ0) is 18.6. The van der Waals surface area contributed by atoms with Gasteiger partial charge in [0.05, 0.1) is 4.90 Å². The summed E-state index contributed by atoms with van der Waals surface area (Å²) in [6, 6.07) is 12.0. The second-order valence-electron chi connectivity index (χ2n) is 5.64. The fraction of sp³-hybridized carbons (Fsp3) is 0.176. The minimum atomic E-state index is -3.84. The Kier molecular flexibility index (Phi) is 5.76. The largest absolute Gasteiger partial charge is 0.332 e. The highest BCUT2D eigenvalue weighted by molar-refractivity contribution is 7.90. The SMILES string of the molecule is CC(=O)NS(=O)(=O)c1ccc(NC(=S)Nc2cc(C)cc(C)c2)cc1. The Morgan fingerprint density at radius 2 is 1.44 bits per heavy atom. The minimum absolute atomic E-state index is 0.00133. The molecule has 6 nitrogen and oxygen atoms in total. The van der Waals surface area contributed by atoms with Gasteiger partial charge in [-0.15, -0.1) is 0 Å². The van der Waals surface area contributed by atoms with Crippen LogP contribution in [-0.4, -0.2) is 19.4 Å². The molecule has 3 N–H and O–H groups in total. The van der Waals surface area contributed by atoms with Crippen LogP contribution in [0.1, 0.15) is 18.1 Å². The summed E-state index contributed by atoms with van der Waals surface area (Å²) in [6.45, 7) is 5.15. The Hall–Kier alpha value is -2.45. The summed E-state index contributed by atoms with van der Waals surface area (Å²) in [5.74, 6) is -0.638. The Morgan fingerprint density at radius 1 is 0.920 bits per heavy atom. The number of rotatable bonds is 4. The Bertz CT molecular complexity index is 887. The minimum Gasteiger partial charge on any atom is -0.332 e. The molecule has 0 aliphatic rings. The van der Waals surface area contributed by atoms with Crippen LogP contribution in [0.25, 0.3) is 0 Å². The number of aryl methyl sites for hydroxylation is 2. The molecule has 0 saturated heterocycles. The molecular weight excluding hydrogens is 358 g/mol. The molecule has 0 unspecified atom stereocenters. The van der Waals surface area contributed by atoms with Gasteiger partial charge >= 0.3 is 0 Å². The average molecular weight is 377 g/mol. The predicted octanol–water partition coefficient (Wildman–Crippen LogP) is 2.94. The maximum Gasteiger partial charge on any atom is 0.264 e. The van der Waals surface area contributed by atoms with Gasteiger partial charge in [0, 0.05) is 18.3 Å². The molecule has 132 valence electrons. The summed E-state index contributed by atoms with van der Waals surface area (Å²) in [5, 5.41) is 6.47. The molecule has 0 saturated carbocycles. The highest BCUT2D eigenvalue weighted by Gasteiger charge is 2.15. The molecule has 0 aliphatic carbocycles. The smallest absolute Gasteiger partial charge is 0.264 e. The van der Waals surface area contributed by atoms with E-state index >= 15 is 0 Å². The van der Waals surface area contributed by atoms with Gasteiger partial charge in [-0.3, -0.25) is 4.79 Å². The zero-order valence-electron chi connectivity index (χ0n) is 14.1. The molecule has 0 aliphatic heterocycles. The number of nitrogens with one attached hydrogen (secondary N) is 3. The van der Waals surface area contributed by atoms with Gasteiger partial charge in [-0.2, -0.15) is 0 Å². The lowest BCUT2D eigenvalue weighted by Crippen LogP contribution is -2.28. The quantitative estimate of drug-likeness (QED) is 0.710. The van der Waals surface area contributed by atoms with Gasteiger partial charge in [0.25, 0.3) is 10.0 Å². The number of carbonyl (C=O) groups excluding carboxylic acids is 1. The van der Waals surface area contributed by atoms with E-state index in [-0.39, 0.29) is 4.90 Å². The van der Waals surface area contributed by atoms with Gasteiger partial charge in [-0.1, -0.05) is 6.07 Å². The van der Waals surface area contributed by atoms with Crippen LogP contribution in [0.5, 0.6) is 0 Å². The molecule has 1 amide bonds. The van der Waals surface area contributed by atoms with E-state index in [2.05, 4.69) is 16.7 Å². The average Bonchev–Trinajstić information content (AvgIpc) is 2.45. The van der Waals surface area contributed by atoms with Crippen molar-refractivity contribution in [3.8, 4) is 0 Å². The van der Waals surface area contributed by atoms with Crippen LogP contribution in [0.4, 0.5) is 11.4 Å². The number of hydrogen-bond acceptors (Lipinski definition) is 4. The third kappa shape index (κ3) is 5.54. The molecule has 2 rings (SSSR count). The monoisotopic (exact) mass is 377 g/mol. The van der Waals surface area contributed by atoms with Gasteiger partial charge in [-0.25, -0.2) is 13.1 Å². The molecule has 0 fully saturated rings. The van der Waals surface area contributed by atoms with Crippen molar-refractivity contribution in [3.63, 3.8) is 0 Å². The second-order valence-corrected chi connectivity index (χ2v) is 7.73. The lowest BCUT2D eigenvalue weighted by atomic mass is 10.1. The van der Waals surface area contributed by atoms with Crippen LogP contribution >= 0.6 is 12.2 Å². The number of hydrogen-bond donors (Lipinski definition) is 3. The van der Waals surface area contributed by atoms with E-state index in [9.17, 15) is 13.2 Å². The summed E-state index contributed by atoms with van der Waals surface area (Å²) in [5.41, 5.74) is 3.75. The molecule has 2 aromatic rings. The Balaban J connectivity index is 2.05. The van der Waals surface area contributed by atoms with E-state index in [1.807, 2.05) is 30.7 Å². The first-order valence-corrected chi connectivity index (χ1v) is 9.34.